The number of hydrogen-bond donors (Lipinski definition) is 0. The average molecular weight is 852 g/mol. The van der Waals surface area contributed by atoms with Crippen LogP contribution in [0.2, 0.25) is 0 Å². The molecule has 314 valence electrons. The zero-order valence-electron chi connectivity index (χ0n) is 36.9. The molecule has 12 aromatic carbocycles. The summed E-state index contributed by atoms with van der Waals surface area (Å²) in [6.07, 6.45) is 0. The van der Waals surface area contributed by atoms with Gasteiger partial charge < -0.3 is 4.90 Å². The molecule has 0 fully saturated rings. The van der Waals surface area contributed by atoms with E-state index >= 15 is 0 Å². The lowest BCUT2D eigenvalue weighted by Gasteiger charge is -2.26. The van der Waals surface area contributed by atoms with E-state index in [1.54, 1.807) is 0 Å². The monoisotopic (exact) mass is 851 g/mol. The first-order chi connectivity index (χ1) is 33.2. The van der Waals surface area contributed by atoms with E-state index in [-0.39, 0.29) is 0 Å². The van der Waals surface area contributed by atoms with Crippen molar-refractivity contribution < 1.29 is 0 Å². The van der Waals surface area contributed by atoms with Gasteiger partial charge in [-0.2, -0.15) is 0 Å². The van der Waals surface area contributed by atoms with Crippen LogP contribution in [0.5, 0.6) is 0 Å². The van der Waals surface area contributed by atoms with Crippen molar-refractivity contribution in [2.75, 3.05) is 4.90 Å². The first-order valence-electron chi connectivity index (χ1n) is 23.1. The summed E-state index contributed by atoms with van der Waals surface area (Å²) in [5.41, 5.74) is 17.7. The van der Waals surface area contributed by atoms with E-state index in [0.717, 1.165) is 17.1 Å². The maximum Gasteiger partial charge on any atom is 0.0462 e. The fourth-order valence-corrected chi connectivity index (χ4v) is 10.0. The van der Waals surface area contributed by atoms with Crippen LogP contribution in [0.1, 0.15) is 0 Å². The normalized spacial score (nSPS) is 11.3. The van der Waals surface area contributed by atoms with E-state index < -0.39 is 0 Å². The zero-order valence-corrected chi connectivity index (χ0v) is 36.9. The van der Waals surface area contributed by atoms with Gasteiger partial charge in [0.1, 0.15) is 0 Å². The summed E-state index contributed by atoms with van der Waals surface area (Å²) in [6, 6.07) is 99.4. The highest BCUT2D eigenvalue weighted by Crippen LogP contribution is 2.43. The van der Waals surface area contributed by atoms with Gasteiger partial charge in [0.15, 0.2) is 0 Å². The van der Waals surface area contributed by atoms with Gasteiger partial charge >= 0.3 is 0 Å². The third-order valence-electron chi connectivity index (χ3n) is 13.3. The molecule has 0 bridgehead atoms. The Bertz CT molecular complexity index is 3690. The lowest BCUT2D eigenvalue weighted by atomic mass is 9.89. The molecular weight excluding hydrogens is 807 g/mol. The fourth-order valence-electron chi connectivity index (χ4n) is 10.0. The molecule has 0 amide bonds. The summed E-state index contributed by atoms with van der Waals surface area (Å²) in [5.74, 6) is 0. The summed E-state index contributed by atoms with van der Waals surface area (Å²) in [7, 11) is 0. The average Bonchev–Trinajstić information content (AvgIpc) is 3.41. The number of anilines is 3. The Morgan fingerprint density at radius 2 is 0.612 bits per heavy atom. The smallest absolute Gasteiger partial charge is 0.0462 e. The molecule has 0 unspecified atom stereocenters. The van der Waals surface area contributed by atoms with Gasteiger partial charge in [-0.25, -0.2) is 0 Å². The number of benzene rings is 12. The lowest BCUT2D eigenvalue weighted by molar-refractivity contribution is 1.28. The number of nitrogens with zero attached hydrogens (tertiary/aromatic N) is 1. The van der Waals surface area contributed by atoms with Crippen LogP contribution >= 0.6 is 0 Å². The molecule has 0 N–H and O–H groups in total. The van der Waals surface area contributed by atoms with Crippen molar-refractivity contribution in [2.45, 2.75) is 0 Å². The summed E-state index contributed by atoms with van der Waals surface area (Å²) in [4.78, 5) is 2.38. The van der Waals surface area contributed by atoms with Crippen LogP contribution in [0, 0.1) is 0 Å². The molecule has 0 atom stereocenters. The van der Waals surface area contributed by atoms with Crippen molar-refractivity contribution in [3.05, 3.63) is 273 Å². The van der Waals surface area contributed by atoms with Crippen LogP contribution in [-0.4, -0.2) is 0 Å². The molecule has 0 heterocycles. The zero-order chi connectivity index (χ0) is 44.5. The number of hydrogen-bond acceptors (Lipinski definition) is 1. The Morgan fingerprint density at radius 1 is 0.194 bits per heavy atom. The second kappa shape index (κ2) is 17.3. The Labute approximate surface area is 392 Å². The second-order valence-electron chi connectivity index (χ2n) is 17.2. The standard InChI is InChI=1S/C66H45N/c1-4-16-47(17-5-1)59-42-35-53(44-64(59)49-20-8-3-9-21-49)46-28-36-55(37-29-46)67(56-38-30-51(31-39-56)65-45-54-23-11-12-24-58(54)62-26-14-15-27-63(62)65)57-40-32-52(33-41-57)66-60-25-13-10-22-50(60)34-43-61(66)48-18-6-2-7-19-48/h1-45H. The van der Waals surface area contributed by atoms with Crippen LogP contribution < -0.4 is 4.90 Å². The van der Waals surface area contributed by atoms with Gasteiger partial charge in [0.25, 0.3) is 0 Å². The Balaban J connectivity index is 0.965. The van der Waals surface area contributed by atoms with Crippen LogP contribution in [0.4, 0.5) is 17.1 Å². The van der Waals surface area contributed by atoms with Gasteiger partial charge in [0.2, 0.25) is 0 Å². The first kappa shape index (κ1) is 39.8. The summed E-state index contributed by atoms with van der Waals surface area (Å²) in [5, 5.41) is 7.52. The van der Waals surface area contributed by atoms with Crippen molar-refractivity contribution >= 4 is 49.4 Å². The summed E-state index contributed by atoms with van der Waals surface area (Å²) < 4.78 is 0. The second-order valence-corrected chi connectivity index (χ2v) is 17.2. The van der Waals surface area contributed by atoms with E-state index in [0.29, 0.717) is 0 Å². The van der Waals surface area contributed by atoms with Gasteiger partial charge in [0, 0.05) is 17.1 Å². The van der Waals surface area contributed by atoms with Crippen molar-refractivity contribution in [2.24, 2.45) is 0 Å². The van der Waals surface area contributed by atoms with Crippen molar-refractivity contribution in [3.8, 4) is 66.8 Å². The lowest BCUT2D eigenvalue weighted by Crippen LogP contribution is -2.09. The Kier molecular flexibility index (Phi) is 10.3. The number of fused-ring (bicyclic) bond motifs is 4. The van der Waals surface area contributed by atoms with Crippen molar-refractivity contribution in [1.82, 2.24) is 0 Å². The predicted molar refractivity (Wildman–Crippen MR) is 286 cm³/mol. The van der Waals surface area contributed by atoms with Crippen molar-refractivity contribution in [3.63, 3.8) is 0 Å². The molecule has 0 aromatic heterocycles. The summed E-state index contributed by atoms with van der Waals surface area (Å²) >= 11 is 0. The van der Waals surface area contributed by atoms with E-state index in [4.69, 9.17) is 0 Å². The quantitative estimate of drug-likeness (QED) is 0.131. The van der Waals surface area contributed by atoms with E-state index in [1.165, 1.54) is 99.1 Å². The topological polar surface area (TPSA) is 3.24 Å². The Hall–Kier alpha value is -8.78. The van der Waals surface area contributed by atoms with Gasteiger partial charge in [-0.05, 0) is 148 Å². The van der Waals surface area contributed by atoms with E-state index in [1.807, 2.05) is 0 Å². The molecular formula is C66H45N. The molecule has 0 aliphatic carbocycles. The third kappa shape index (κ3) is 7.53. The maximum absolute atomic E-state index is 2.38. The maximum atomic E-state index is 2.38. The van der Waals surface area contributed by atoms with Crippen LogP contribution in [0.25, 0.3) is 99.1 Å². The molecule has 0 aliphatic heterocycles. The molecule has 1 nitrogen and oxygen atoms in total. The molecule has 0 aliphatic rings. The van der Waals surface area contributed by atoms with Gasteiger partial charge in [-0.1, -0.05) is 224 Å². The van der Waals surface area contributed by atoms with Crippen molar-refractivity contribution in [1.29, 1.82) is 0 Å². The van der Waals surface area contributed by atoms with Crippen LogP contribution in [-0.2, 0) is 0 Å². The minimum absolute atomic E-state index is 1.08. The highest BCUT2D eigenvalue weighted by molar-refractivity contribution is 6.14. The highest BCUT2D eigenvalue weighted by Gasteiger charge is 2.18. The Morgan fingerprint density at radius 3 is 1.22 bits per heavy atom. The van der Waals surface area contributed by atoms with Gasteiger partial charge in [0.05, 0.1) is 0 Å². The van der Waals surface area contributed by atoms with Crippen LogP contribution in [0.3, 0.4) is 0 Å². The predicted octanol–water partition coefficient (Wildman–Crippen LogP) is 18.6. The first-order valence-corrected chi connectivity index (χ1v) is 23.1. The minimum atomic E-state index is 1.08. The van der Waals surface area contributed by atoms with Gasteiger partial charge in [-0.3, -0.25) is 0 Å². The van der Waals surface area contributed by atoms with E-state index in [2.05, 4.69) is 278 Å². The molecule has 1 heteroatoms. The van der Waals surface area contributed by atoms with Gasteiger partial charge in [-0.15, -0.1) is 0 Å². The molecule has 0 spiro atoms. The fraction of sp³-hybridized carbons (Fsp3) is 0. The highest BCUT2D eigenvalue weighted by atomic mass is 15.1. The molecule has 0 saturated heterocycles. The number of rotatable bonds is 9. The molecule has 67 heavy (non-hydrogen) atoms. The van der Waals surface area contributed by atoms with E-state index in [9.17, 15) is 0 Å². The third-order valence-corrected chi connectivity index (χ3v) is 13.3. The molecule has 12 rings (SSSR count). The summed E-state index contributed by atoms with van der Waals surface area (Å²) in [6.45, 7) is 0. The van der Waals surface area contributed by atoms with Crippen LogP contribution in [0.15, 0.2) is 273 Å². The molecule has 12 aromatic rings. The molecule has 0 radical (unpaired) electrons. The minimum Gasteiger partial charge on any atom is -0.311 e. The molecule has 0 saturated carbocycles. The largest absolute Gasteiger partial charge is 0.311 e. The SMILES string of the molecule is c1ccc(-c2ccc(-c3ccc(N(c4ccc(-c5c(-c6ccccc6)ccc6ccccc56)cc4)c4ccc(-c5cc6ccccc6c6ccccc56)cc4)cc3)cc2-c2ccccc2)cc1.